The van der Waals surface area contributed by atoms with E-state index in [1.54, 1.807) is 20.8 Å². The molecule has 0 radical (unpaired) electrons. The van der Waals surface area contributed by atoms with Crippen LogP contribution >= 0.6 is 0 Å². The maximum atomic E-state index is 12.2. The summed E-state index contributed by atoms with van der Waals surface area (Å²) in [4.78, 5) is 14.2. The van der Waals surface area contributed by atoms with Crippen LogP contribution in [0.5, 0.6) is 0 Å². The zero-order chi connectivity index (χ0) is 21.1. The van der Waals surface area contributed by atoms with E-state index < -0.39 is 11.7 Å². The summed E-state index contributed by atoms with van der Waals surface area (Å²) in [6, 6.07) is -0.175. The number of rotatable bonds is 5. The topological polar surface area (TPSA) is 123 Å². The molecule has 28 heavy (non-hydrogen) atoms. The molecule has 2 rings (SSSR count). The summed E-state index contributed by atoms with van der Waals surface area (Å²) in [5, 5.41) is 35.3. The summed E-state index contributed by atoms with van der Waals surface area (Å²) in [6.45, 7) is 10.1. The lowest BCUT2D eigenvalue weighted by Crippen LogP contribution is -2.51. The van der Waals surface area contributed by atoms with Crippen LogP contribution < -0.4 is 10.8 Å². The number of carbonyl (C=O) groups is 1. The summed E-state index contributed by atoms with van der Waals surface area (Å²) in [6.07, 6.45) is 2.37. The maximum absolute atomic E-state index is 12.2. The molecule has 9 nitrogen and oxygen atoms in total. The second kappa shape index (κ2) is 9.02. The molecule has 9 heteroatoms. The molecule has 0 spiro atoms. The number of nitrogens with one attached hydrogen (secondary N) is 2. The molecule has 1 aliphatic carbocycles. The Kier molecular flexibility index (Phi) is 7.19. The van der Waals surface area contributed by atoms with Crippen LogP contribution in [0.15, 0.2) is 22.7 Å². The first-order valence-electron chi connectivity index (χ1n) is 9.73. The lowest BCUT2D eigenvalue weighted by Gasteiger charge is -2.42. The lowest BCUT2D eigenvalue weighted by molar-refractivity contribution is -0.00745. The number of amides is 1. The molecule has 2 unspecified atom stereocenters. The van der Waals surface area contributed by atoms with E-state index >= 15 is 0 Å². The van der Waals surface area contributed by atoms with E-state index in [1.165, 1.54) is 6.92 Å². The number of nitrogens with zero attached hydrogens (tertiary/aromatic N) is 2. The van der Waals surface area contributed by atoms with Crippen LogP contribution in [-0.2, 0) is 4.74 Å². The molecule has 1 heterocycles. The van der Waals surface area contributed by atoms with Gasteiger partial charge in [0, 0.05) is 30.5 Å². The number of hydrogen-bond donors (Lipinski definition) is 3. The van der Waals surface area contributed by atoms with Crippen molar-refractivity contribution < 1.29 is 14.7 Å². The number of hydrogen-bond acceptors (Lipinski definition) is 8. The first kappa shape index (κ1) is 22.3. The molecular formula is C19H32N4O5-2. The smallest absolute Gasteiger partial charge is 0.407 e. The van der Waals surface area contributed by atoms with Gasteiger partial charge in [-0.15, -0.1) is 0 Å². The number of alkyl carbamates (subject to hydrolysis) is 1. The van der Waals surface area contributed by atoms with Crippen LogP contribution in [0.2, 0.25) is 0 Å². The fourth-order valence-electron chi connectivity index (χ4n) is 3.96. The second-order valence-corrected chi connectivity index (χ2v) is 8.71. The van der Waals surface area contributed by atoms with Crippen LogP contribution in [0.3, 0.4) is 0 Å². The zero-order valence-corrected chi connectivity index (χ0v) is 17.4. The Bertz CT molecular complexity index is 639. The van der Waals surface area contributed by atoms with Crippen LogP contribution in [0.25, 0.3) is 0 Å². The molecular weight excluding hydrogens is 364 g/mol. The highest BCUT2D eigenvalue weighted by molar-refractivity contribution is 5.68. The van der Waals surface area contributed by atoms with Crippen LogP contribution in [0.4, 0.5) is 4.79 Å². The molecule has 1 aliphatic heterocycles. The van der Waals surface area contributed by atoms with Gasteiger partial charge in [-0.25, -0.2) is 4.79 Å². The Morgan fingerprint density at radius 1 is 1.32 bits per heavy atom. The molecule has 1 fully saturated rings. The first-order chi connectivity index (χ1) is 13.0. The third-order valence-electron chi connectivity index (χ3n) is 4.95. The molecule has 0 aromatic rings. The van der Waals surface area contributed by atoms with Crippen molar-refractivity contribution in [2.24, 2.45) is 5.92 Å². The van der Waals surface area contributed by atoms with Crippen molar-refractivity contribution in [2.45, 2.75) is 71.9 Å². The second-order valence-electron chi connectivity index (χ2n) is 8.71. The van der Waals surface area contributed by atoms with Gasteiger partial charge in [0.2, 0.25) is 0 Å². The minimum absolute atomic E-state index is 0.134. The monoisotopic (exact) mass is 396 g/mol. The van der Waals surface area contributed by atoms with Gasteiger partial charge in [-0.2, -0.15) is 0 Å². The van der Waals surface area contributed by atoms with E-state index in [1.807, 2.05) is 10.4 Å². The van der Waals surface area contributed by atoms with Gasteiger partial charge in [-0.3, -0.25) is 5.21 Å². The number of carbonyl (C=O) groups excluding carboxylic acids is 1. The predicted molar refractivity (Wildman–Crippen MR) is 106 cm³/mol. The number of hydroxylamine groups is 3. The van der Waals surface area contributed by atoms with Gasteiger partial charge in [-0.05, 0) is 64.9 Å². The van der Waals surface area contributed by atoms with Crippen molar-refractivity contribution in [2.75, 3.05) is 13.1 Å². The predicted octanol–water partition coefficient (Wildman–Crippen LogP) is 3.17. The number of piperidine rings is 1. The largest absolute Gasteiger partial charge is 0.761 e. The van der Waals surface area contributed by atoms with Crippen molar-refractivity contribution in [1.82, 2.24) is 20.9 Å². The van der Waals surface area contributed by atoms with Gasteiger partial charge in [0.15, 0.2) is 0 Å². The first-order valence-corrected chi connectivity index (χ1v) is 9.73. The molecule has 0 saturated carbocycles. The van der Waals surface area contributed by atoms with Gasteiger partial charge < -0.3 is 36.1 Å². The summed E-state index contributed by atoms with van der Waals surface area (Å²) in [5.74, 6) is 0.237. The fraction of sp³-hybridized carbons (Fsp3) is 0.737. The number of likely N-dealkylation sites (tertiary alicyclic amines) is 1. The fourth-order valence-corrected chi connectivity index (χ4v) is 3.96. The number of ether oxygens (including phenoxy) is 1. The molecule has 2 atom stereocenters. The van der Waals surface area contributed by atoms with Crippen LogP contribution in [0, 0.1) is 16.3 Å². The van der Waals surface area contributed by atoms with E-state index in [4.69, 9.17) is 4.74 Å². The van der Waals surface area contributed by atoms with Gasteiger partial charge in [-0.1, -0.05) is 6.92 Å². The molecule has 2 aliphatic rings. The van der Waals surface area contributed by atoms with Gasteiger partial charge in [0.05, 0.1) is 5.70 Å². The van der Waals surface area contributed by atoms with E-state index in [9.17, 15) is 20.4 Å². The van der Waals surface area contributed by atoms with Gasteiger partial charge in [0.1, 0.15) is 5.60 Å². The molecule has 160 valence electrons. The average molecular weight is 396 g/mol. The zero-order valence-electron chi connectivity index (χ0n) is 17.4. The lowest BCUT2D eigenvalue weighted by atomic mass is 9.94. The minimum Gasteiger partial charge on any atom is -0.761 e. The minimum atomic E-state index is -0.588. The summed E-state index contributed by atoms with van der Waals surface area (Å²) in [7, 11) is 0. The highest BCUT2D eigenvalue weighted by atomic mass is 16.8. The van der Waals surface area contributed by atoms with Crippen molar-refractivity contribution in [1.29, 1.82) is 0 Å². The van der Waals surface area contributed by atoms with Gasteiger partial charge >= 0.3 is 6.09 Å². The molecule has 1 amide bonds. The Morgan fingerprint density at radius 2 is 2.00 bits per heavy atom. The Morgan fingerprint density at radius 3 is 2.57 bits per heavy atom. The maximum Gasteiger partial charge on any atom is 0.407 e. The van der Waals surface area contributed by atoms with Crippen molar-refractivity contribution in [3.05, 3.63) is 33.1 Å². The SMILES string of the molecule is CC(=C(C1=C(N[O-])CCC1)N1CC(C)CC(NC(=O)OC(C)(C)C)C1)N([O-])O. The third kappa shape index (κ3) is 5.76. The van der Waals surface area contributed by atoms with Crippen molar-refractivity contribution in [3.8, 4) is 0 Å². The normalized spacial score (nSPS) is 24.1. The van der Waals surface area contributed by atoms with E-state index in [0.717, 1.165) is 18.4 Å². The van der Waals surface area contributed by atoms with Crippen LogP contribution in [0.1, 0.15) is 60.3 Å². The Hall–Kier alpha value is -1.97. The Labute approximate surface area is 166 Å². The average Bonchev–Trinajstić information content (AvgIpc) is 3.00. The summed E-state index contributed by atoms with van der Waals surface area (Å²) >= 11 is 0. The van der Waals surface area contributed by atoms with Crippen molar-refractivity contribution >= 4 is 6.09 Å². The third-order valence-corrected chi connectivity index (χ3v) is 4.95. The van der Waals surface area contributed by atoms with E-state index in [0.29, 0.717) is 37.3 Å². The van der Waals surface area contributed by atoms with E-state index in [-0.39, 0.29) is 22.9 Å². The molecule has 1 saturated heterocycles. The quantitative estimate of drug-likeness (QED) is 0.606. The summed E-state index contributed by atoms with van der Waals surface area (Å²) < 4.78 is 5.35. The standard InChI is InChI=1S/C19H32N4O5/c1-12-9-14(20-18(24)28-19(3,4)5)11-22(10-12)17(13(2)23(26)27)15-7-6-8-16(15)21-25/h12,14,21,26H,6-11H2,1-5H3,(H,20,24)/q-2. The molecule has 3 N–H and O–H groups in total. The molecule has 0 aromatic carbocycles. The van der Waals surface area contributed by atoms with Gasteiger partial charge in [0.25, 0.3) is 0 Å². The highest BCUT2D eigenvalue weighted by Gasteiger charge is 2.32. The highest BCUT2D eigenvalue weighted by Crippen LogP contribution is 2.35. The molecule has 0 bridgehead atoms. The number of allylic oxidation sites excluding steroid dienone is 3. The molecule has 0 aromatic heterocycles. The summed E-state index contributed by atoms with van der Waals surface area (Å²) in [5.41, 5.74) is 3.40. The van der Waals surface area contributed by atoms with Crippen molar-refractivity contribution in [3.63, 3.8) is 0 Å². The Balaban J connectivity index is 2.26. The van der Waals surface area contributed by atoms with E-state index in [2.05, 4.69) is 12.2 Å². The van der Waals surface area contributed by atoms with Crippen LogP contribution in [-0.4, -0.2) is 46.2 Å².